The lowest BCUT2D eigenvalue weighted by atomic mass is 10.2. The van der Waals surface area contributed by atoms with Crippen LogP contribution < -0.4 is 0 Å². The zero-order valence-electron chi connectivity index (χ0n) is 14.5. The first-order valence-corrected chi connectivity index (χ1v) is 9.40. The van der Waals surface area contributed by atoms with Gasteiger partial charge in [-0.3, -0.25) is 9.67 Å². The van der Waals surface area contributed by atoms with E-state index in [1.54, 1.807) is 28.4 Å². The second-order valence-electron chi connectivity index (χ2n) is 5.95. The van der Waals surface area contributed by atoms with E-state index in [1.165, 1.54) is 0 Å². The first-order valence-electron chi connectivity index (χ1n) is 8.52. The number of aromatic nitrogens is 3. The van der Waals surface area contributed by atoms with E-state index in [4.69, 9.17) is 4.74 Å². The van der Waals surface area contributed by atoms with Crippen LogP contribution in [0.3, 0.4) is 0 Å². The van der Waals surface area contributed by atoms with E-state index < -0.39 is 5.97 Å². The zero-order valence-corrected chi connectivity index (χ0v) is 15.3. The van der Waals surface area contributed by atoms with E-state index in [2.05, 4.69) is 10.1 Å². The summed E-state index contributed by atoms with van der Waals surface area (Å²) in [4.78, 5) is 17.8. The Hall–Kier alpha value is -3.25. The number of thiophene rings is 1. The molecule has 1 aromatic carbocycles. The van der Waals surface area contributed by atoms with Crippen LogP contribution in [0.2, 0.25) is 0 Å². The van der Waals surface area contributed by atoms with Gasteiger partial charge in [0.05, 0.1) is 17.1 Å². The molecule has 0 spiro atoms. The lowest BCUT2D eigenvalue weighted by Gasteiger charge is -2.03. The van der Waals surface area contributed by atoms with Gasteiger partial charge in [0.15, 0.2) is 0 Å². The van der Waals surface area contributed by atoms with Gasteiger partial charge < -0.3 is 4.74 Å². The van der Waals surface area contributed by atoms with Gasteiger partial charge in [0, 0.05) is 12.4 Å². The molecule has 0 aliphatic rings. The monoisotopic (exact) mass is 375 g/mol. The maximum absolute atomic E-state index is 12.7. The van der Waals surface area contributed by atoms with Crippen molar-refractivity contribution in [3.63, 3.8) is 0 Å². The minimum absolute atomic E-state index is 0.132. The average Bonchev–Trinajstić information content (AvgIpc) is 3.37. The van der Waals surface area contributed by atoms with Crippen molar-refractivity contribution in [2.24, 2.45) is 0 Å². The van der Waals surface area contributed by atoms with Gasteiger partial charge in [-0.05, 0) is 29.1 Å². The highest BCUT2D eigenvalue weighted by Crippen LogP contribution is 2.27. The number of pyridine rings is 1. The maximum atomic E-state index is 12.7. The summed E-state index contributed by atoms with van der Waals surface area (Å²) in [6.45, 7) is 0.722. The van der Waals surface area contributed by atoms with Gasteiger partial charge in [0.25, 0.3) is 0 Å². The van der Waals surface area contributed by atoms with Gasteiger partial charge in [-0.2, -0.15) is 5.10 Å². The Bertz CT molecular complexity index is 1010. The Balaban J connectivity index is 1.59. The van der Waals surface area contributed by atoms with Crippen LogP contribution in [0.15, 0.2) is 78.4 Å². The van der Waals surface area contributed by atoms with Crippen molar-refractivity contribution in [1.82, 2.24) is 14.8 Å². The van der Waals surface area contributed by atoms with Crippen LogP contribution in [0.4, 0.5) is 0 Å². The molecule has 3 heterocycles. The molecule has 4 rings (SSSR count). The summed E-state index contributed by atoms with van der Waals surface area (Å²) < 4.78 is 7.25. The molecule has 0 atom stereocenters. The van der Waals surface area contributed by atoms with E-state index in [0.717, 1.165) is 10.4 Å². The normalized spacial score (nSPS) is 10.7. The lowest BCUT2D eigenvalue weighted by Crippen LogP contribution is -2.06. The molecular weight excluding hydrogens is 358 g/mol. The molecule has 4 aromatic rings. The summed E-state index contributed by atoms with van der Waals surface area (Å²) in [5.74, 6) is -0.400. The topological polar surface area (TPSA) is 57.0 Å². The summed E-state index contributed by atoms with van der Waals surface area (Å²) in [5.41, 5.74) is 2.93. The molecule has 0 unspecified atom stereocenters. The molecule has 0 N–H and O–H groups in total. The number of hydrogen-bond donors (Lipinski definition) is 0. The van der Waals surface area contributed by atoms with Gasteiger partial charge in [-0.1, -0.05) is 42.5 Å². The molecule has 5 nitrogen and oxygen atoms in total. The highest BCUT2D eigenvalue weighted by molar-refractivity contribution is 7.13. The Morgan fingerprint density at radius 3 is 2.63 bits per heavy atom. The Kier molecular flexibility index (Phi) is 5.07. The molecule has 0 saturated carbocycles. The van der Waals surface area contributed by atoms with Crippen molar-refractivity contribution in [1.29, 1.82) is 0 Å². The number of esters is 1. The summed E-state index contributed by atoms with van der Waals surface area (Å²) in [6.07, 6.45) is 3.43. The first kappa shape index (κ1) is 17.2. The van der Waals surface area contributed by atoms with Gasteiger partial charge in [0.1, 0.15) is 17.9 Å². The number of carbonyl (C=O) groups is 1. The summed E-state index contributed by atoms with van der Waals surface area (Å²) in [5, 5.41) is 6.60. The van der Waals surface area contributed by atoms with Gasteiger partial charge in [-0.15, -0.1) is 11.3 Å². The van der Waals surface area contributed by atoms with E-state index >= 15 is 0 Å². The molecule has 0 fully saturated rings. The van der Waals surface area contributed by atoms with Crippen LogP contribution in [0.5, 0.6) is 0 Å². The zero-order chi connectivity index (χ0) is 18.5. The van der Waals surface area contributed by atoms with E-state index in [9.17, 15) is 4.79 Å². The van der Waals surface area contributed by atoms with Crippen molar-refractivity contribution in [2.45, 2.75) is 13.2 Å². The minimum atomic E-state index is -0.400. The number of carbonyl (C=O) groups excluding carboxylic acids is 1. The molecule has 134 valence electrons. The molecule has 0 saturated heterocycles. The third kappa shape index (κ3) is 4.12. The fourth-order valence-corrected chi connectivity index (χ4v) is 3.44. The molecule has 0 bridgehead atoms. The predicted molar refractivity (Wildman–Crippen MR) is 104 cm³/mol. The number of benzene rings is 1. The predicted octanol–water partition coefficient (Wildman–Crippen LogP) is 4.41. The van der Waals surface area contributed by atoms with Gasteiger partial charge in [0.2, 0.25) is 0 Å². The van der Waals surface area contributed by atoms with Crippen molar-refractivity contribution in [2.75, 3.05) is 0 Å². The lowest BCUT2D eigenvalue weighted by molar-refractivity contribution is 0.0468. The van der Waals surface area contributed by atoms with Crippen LogP contribution in [0.1, 0.15) is 21.6 Å². The van der Waals surface area contributed by atoms with Gasteiger partial charge in [-0.25, -0.2) is 4.79 Å². The molecule has 27 heavy (non-hydrogen) atoms. The van der Waals surface area contributed by atoms with E-state index in [1.807, 2.05) is 66.0 Å². The number of rotatable bonds is 6. The number of nitrogens with zero attached hydrogens (tertiary/aromatic N) is 3. The van der Waals surface area contributed by atoms with Crippen molar-refractivity contribution < 1.29 is 9.53 Å². The highest BCUT2D eigenvalue weighted by atomic mass is 32.1. The standard InChI is InChI=1S/C21H17N3O2S/c25-21(26-15-17-9-4-5-11-22-17)18-14-24(13-16-7-2-1-3-8-16)23-20(18)19-10-6-12-27-19/h1-12,14H,13,15H2. The van der Waals surface area contributed by atoms with Crippen LogP contribution in [-0.2, 0) is 17.9 Å². The minimum Gasteiger partial charge on any atom is -0.455 e. The number of hydrogen-bond acceptors (Lipinski definition) is 5. The SMILES string of the molecule is O=C(OCc1ccccn1)c1cn(Cc2ccccc2)nc1-c1cccs1. The largest absolute Gasteiger partial charge is 0.455 e. The Labute approximate surface area is 160 Å². The third-order valence-corrected chi connectivity index (χ3v) is 4.88. The smallest absolute Gasteiger partial charge is 0.342 e. The summed E-state index contributed by atoms with van der Waals surface area (Å²) in [6, 6.07) is 19.4. The maximum Gasteiger partial charge on any atom is 0.342 e. The third-order valence-electron chi connectivity index (χ3n) is 4.00. The second-order valence-corrected chi connectivity index (χ2v) is 6.90. The van der Waals surface area contributed by atoms with Crippen LogP contribution in [0, 0.1) is 0 Å². The molecule has 0 aliphatic carbocycles. The first-order chi connectivity index (χ1) is 13.3. The van der Waals surface area contributed by atoms with Gasteiger partial charge >= 0.3 is 5.97 Å². The molecule has 0 amide bonds. The van der Waals surface area contributed by atoms with Crippen LogP contribution >= 0.6 is 11.3 Å². The molecular formula is C21H17N3O2S. The quantitative estimate of drug-likeness (QED) is 0.468. The second kappa shape index (κ2) is 7.97. The summed E-state index contributed by atoms with van der Waals surface area (Å²) >= 11 is 1.55. The van der Waals surface area contributed by atoms with E-state index in [-0.39, 0.29) is 6.61 Å². The molecule has 6 heteroatoms. The molecule has 0 aliphatic heterocycles. The van der Waals surface area contributed by atoms with Crippen LogP contribution in [-0.4, -0.2) is 20.7 Å². The van der Waals surface area contributed by atoms with Crippen molar-refractivity contribution in [3.05, 3.63) is 95.3 Å². The highest BCUT2D eigenvalue weighted by Gasteiger charge is 2.20. The molecule has 3 aromatic heterocycles. The Morgan fingerprint density at radius 1 is 1.04 bits per heavy atom. The van der Waals surface area contributed by atoms with Crippen molar-refractivity contribution in [3.8, 4) is 10.6 Å². The van der Waals surface area contributed by atoms with E-state index in [0.29, 0.717) is 23.5 Å². The summed E-state index contributed by atoms with van der Waals surface area (Å²) in [7, 11) is 0. The fraction of sp³-hybridized carbons (Fsp3) is 0.0952. The molecule has 0 radical (unpaired) electrons. The number of ether oxygens (including phenoxy) is 1. The average molecular weight is 375 g/mol. The Morgan fingerprint density at radius 2 is 1.89 bits per heavy atom. The van der Waals surface area contributed by atoms with Crippen molar-refractivity contribution >= 4 is 17.3 Å². The van der Waals surface area contributed by atoms with Crippen LogP contribution in [0.25, 0.3) is 10.6 Å². The fourth-order valence-electron chi connectivity index (χ4n) is 2.72.